The highest BCUT2D eigenvalue weighted by atomic mass is 16.6. The fourth-order valence-electron chi connectivity index (χ4n) is 1.52. The molecule has 0 bridgehead atoms. The number of hydrogen-bond donors (Lipinski definition) is 2. The molecule has 5 nitrogen and oxygen atoms in total. The summed E-state index contributed by atoms with van der Waals surface area (Å²) in [5.74, 6) is 0. The van der Waals surface area contributed by atoms with Crippen LogP contribution in [0.1, 0.15) is 27.2 Å². The number of carbonyl (C=O) groups is 1. The van der Waals surface area contributed by atoms with Crippen molar-refractivity contribution < 1.29 is 19.8 Å². The largest absolute Gasteiger partial charge is 0.463 e. The molecule has 0 aliphatic heterocycles. The zero-order valence-corrected chi connectivity index (χ0v) is 9.15. The highest BCUT2D eigenvalue weighted by Gasteiger charge is 2.26. The molecule has 0 saturated heterocycles. The molecule has 14 heavy (non-hydrogen) atoms. The van der Waals surface area contributed by atoms with Gasteiger partial charge in [0.15, 0.2) is 0 Å². The third-order valence-electron chi connectivity index (χ3n) is 2.00. The summed E-state index contributed by atoms with van der Waals surface area (Å²) < 4.78 is 5.00. The minimum atomic E-state index is -1.33. The van der Waals surface area contributed by atoms with E-state index in [4.69, 9.17) is 15.1 Å². The normalized spacial score (nSPS) is 13.8. The summed E-state index contributed by atoms with van der Waals surface area (Å²) >= 11 is 0. The van der Waals surface area contributed by atoms with E-state index in [0.717, 1.165) is 0 Å². The maximum absolute atomic E-state index is 10.4. The van der Waals surface area contributed by atoms with Crippen molar-refractivity contribution in [2.24, 2.45) is 5.41 Å². The lowest BCUT2D eigenvalue weighted by molar-refractivity contribution is -0.103. The third-order valence-corrected chi connectivity index (χ3v) is 2.00. The van der Waals surface area contributed by atoms with Crippen LogP contribution in [0.4, 0.5) is 4.79 Å². The van der Waals surface area contributed by atoms with E-state index >= 15 is 0 Å². The Bertz CT molecular complexity index is 193. The van der Waals surface area contributed by atoms with Crippen LogP contribution >= 0.6 is 0 Å². The second kappa shape index (κ2) is 5.17. The molecule has 0 aliphatic rings. The van der Waals surface area contributed by atoms with E-state index in [0.29, 0.717) is 18.1 Å². The van der Waals surface area contributed by atoms with Crippen molar-refractivity contribution >= 4 is 6.09 Å². The number of ether oxygens (including phenoxy) is 1. The van der Waals surface area contributed by atoms with E-state index in [2.05, 4.69) is 0 Å². The van der Waals surface area contributed by atoms with Crippen LogP contribution in [0, 0.1) is 5.41 Å². The van der Waals surface area contributed by atoms with Crippen molar-refractivity contribution in [1.29, 1.82) is 0 Å². The van der Waals surface area contributed by atoms with Gasteiger partial charge in [0, 0.05) is 7.11 Å². The second-order valence-corrected chi connectivity index (χ2v) is 4.28. The van der Waals surface area contributed by atoms with Gasteiger partial charge in [0.25, 0.3) is 0 Å². The maximum atomic E-state index is 10.4. The van der Waals surface area contributed by atoms with E-state index in [1.165, 1.54) is 0 Å². The molecule has 0 heterocycles. The fourth-order valence-corrected chi connectivity index (χ4v) is 1.52. The predicted octanol–water partition coefficient (Wildman–Crippen LogP) is 1.81. The highest BCUT2D eigenvalue weighted by Crippen LogP contribution is 2.24. The molecule has 1 atom stereocenters. The molecular formula is C9H19NO4. The Kier molecular flexibility index (Phi) is 4.87. The molecule has 0 aromatic carbocycles. The Morgan fingerprint density at radius 3 is 2.43 bits per heavy atom. The van der Waals surface area contributed by atoms with Crippen LogP contribution in [0.15, 0.2) is 0 Å². The maximum Gasteiger partial charge on any atom is 0.431 e. The van der Waals surface area contributed by atoms with Gasteiger partial charge < -0.3 is 9.84 Å². The van der Waals surface area contributed by atoms with Crippen molar-refractivity contribution in [3.63, 3.8) is 0 Å². The summed E-state index contributed by atoms with van der Waals surface area (Å²) in [6, 6.07) is -0.433. The van der Waals surface area contributed by atoms with Crippen molar-refractivity contribution in [2.45, 2.75) is 33.2 Å². The molecule has 5 heteroatoms. The first-order chi connectivity index (χ1) is 6.30. The minimum Gasteiger partial charge on any atom is -0.463 e. The van der Waals surface area contributed by atoms with Crippen LogP contribution < -0.4 is 0 Å². The Hall–Kier alpha value is -0.810. The molecule has 0 aromatic heterocycles. The summed E-state index contributed by atoms with van der Waals surface area (Å²) in [4.78, 5) is 10.4. The number of hydrogen-bond acceptors (Lipinski definition) is 3. The summed E-state index contributed by atoms with van der Waals surface area (Å²) in [6.07, 6.45) is -0.783. The minimum absolute atomic E-state index is 0.148. The average molecular weight is 205 g/mol. The zero-order chi connectivity index (χ0) is 11.4. The second-order valence-electron chi connectivity index (χ2n) is 4.28. The van der Waals surface area contributed by atoms with Crippen LogP contribution in [0.3, 0.4) is 0 Å². The summed E-state index contributed by atoms with van der Waals surface area (Å²) in [7, 11) is 1.60. The smallest absolute Gasteiger partial charge is 0.431 e. The van der Waals surface area contributed by atoms with Crippen LogP contribution in [0.25, 0.3) is 0 Å². The lowest BCUT2D eigenvalue weighted by Gasteiger charge is -2.29. The molecule has 0 fully saturated rings. The van der Waals surface area contributed by atoms with Gasteiger partial charge in [-0.2, -0.15) is 5.06 Å². The molecule has 1 unspecified atom stereocenters. The number of rotatable bonds is 5. The van der Waals surface area contributed by atoms with Crippen molar-refractivity contribution in [2.75, 3.05) is 13.7 Å². The van der Waals surface area contributed by atoms with Gasteiger partial charge in [0.1, 0.15) is 0 Å². The van der Waals surface area contributed by atoms with Gasteiger partial charge in [-0.15, -0.1) is 0 Å². The van der Waals surface area contributed by atoms with E-state index in [9.17, 15) is 4.79 Å². The van der Waals surface area contributed by atoms with Gasteiger partial charge in [0.2, 0.25) is 0 Å². The van der Waals surface area contributed by atoms with Crippen LogP contribution in [0.2, 0.25) is 0 Å². The number of methoxy groups -OCH3 is 1. The molecule has 0 aliphatic carbocycles. The summed E-state index contributed by atoms with van der Waals surface area (Å²) in [6.45, 7) is 6.11. The first kappa shape index (κ1) is 13.2. The lowest BCUT2D eigenvalue weighted by atomic mass is 9.87. The zero-order valence-electron chi connectivity index (χ0n) is 9.15. The first-order valence-corrected chi connectivity index (χ1v) is 4.50. The number of carboxylic acid groups (broad SMARTS) is 1. The molecule has 1 amide bonds. The Morgan fingerprint density at radius 1 is 1.57 bits per heavy atom. The van der Waals surface area contributed by atoms with E-state index in [1.54, 1.807) is 14.0 Å². The molecule has 0 aromatic rings. The standard InChI is InChI=1S/C9H19NO4/c1-7(10(13)8(11)12)5-9(2,3)6-14-4/h7,13H,5-6H2,1-4H3,(H,11,12). The Labute approximate surface area is 84.2 Å². The molecule has 0 spiro atoms. The molecular weight excluding hydrogens is 186 g/mol. The third kappa shape index (κ3) is 4.43. The first-order valence-electron chi connectivity index (χ1n) is 4.50. The number of hydroxylamine groups is 2. The molecule has 0 radical (unpaired) electrons. The van der Waals surface area contributed by atoms with Crippen molar-refractivity contribution in [3.8, 4) is 0 Å². The molecule has 84 valence electrons. The predicted molar refractivity (Wildman–Crippen MR) is 51.4 cm³/mol. The summed E-state index contributed by atoms with van der Waals surface area (Å²) in [5.41, 5.74) is -0.148. The fraction of sp³-hybridized carbons (Fsp3) is 0.889. The van der Waals surface area contributed by atoms with Crippen LogP contribution in [0.5, 0.6) is 0 Å². The Balaban J connectivity index is 4.16. The van der Waals surface area contributed by atoms with Crippen molar-refractivity contribution in [1.82, 2.24) is 5.06 Å². The van der Waals surface area contributed by atoms with Gasteiger partial charge in [-0.25, -0.2) is 4.79 Å². The monoisotopic (exact) mass is 205 g/mol. The number of nitrogens with zero attached hydrogens (tertiary/aromatic N) is 1. The number of amides is 1. The highest BCUT2D eigenvalue weighted by molar-refractivity contribution is 5.63. The molecule has 0 saturated carbocycles. The lowest BCUT2D eigenvalue weighted by Crippen LogP contribution is -2.38. The SMILES string of the molecule is COCC(C)(C)CC(C)N(O)C(=O)O. The Morgan fingerprint density at radius 2 is 2.07 bits per heavy atom. The van der Waals surface area contributed by atoms with Gasteiger partial charge in [-0.1, -0.05) is 13.8 Å². The topological polar surface area (TPSA) is 70.0 Å². The van der Waals surface area contributed by atoms with Crippen molar-refractivity contribution in [3.05, 3.63) is 0 Å². The van der Waals surface area contributed by atoms with E-state index in [-0.39, 0.29) is 5.41 Å². The van der Waals surface area contributed by atoms with E-state index in [1.807, 2.05) is 13.8 Å². The average Bonchev–Trinajstić information content (AvgIpc) is 2.01. The van der Waals surface area contributed by atoms with Crippen LogP contribution in [-0.2, 0) is 4.74 Å². The van der Waals surface area contributed by atoms with Gasteiger partial charge in [-0.3, -0.25) is 5.21 Å². The van der Waals surface area contributed by atoms with Gasteiger partial charge >= 0.3 is 6.09 Å². The van der Waals surface area contributed by atoms with Gasteiger partial charge in [0.05, 0.1) is 12.6 Å². The summed E-state index contributed by atoms with van der Waals surface area (Å²) in [5, 5.41) is 18.0. The van der Waals surface area contributed by atoms with Crippen LogP contribution in [-0.4, -0.2) is 41.2 Å². The van der Waals surface area contributed by atoms with E-state index < -0.39 is 12.1 Å². The quantitative estimate of drug-likeness (QED) is 0.530. The molecule has 2 N–H and O–H groups in total. The van der Waals surface area contributed by atoms with Gasteiger partial charge in [-0.05, 0) is 18.8 Å². The molecule has 0 rings (SSSR count).